The Kier molecular flexibility index (Phi) is 4.62. The van der Waals surface area contributed by atoms with Gasteiger partial charge in [-0.1, -0.05) is 13.8 Å². The van der Waals surface area contributed by atoms with Crippen LogP contribution in [0.1, 0.15) is 25.3 Å². The average Bonchev–Trinajstić information content (AvgIpc) is 2.61. The summed E-state index contributed by atoms with van der Waals surface area (Å²) in [5, 5.41) is 4.23. The van der Waals surface area contributed by atoms with Crippen LogP contribution in [-0.2, 0) is 16.0 Å². The molecule has 0 radical (unpaired) electrons. The lowest BCUT2D eigenvalue weighted by molar-refractivity contribution is -0.0336. The van der Waals surface area contributed by atoms with Crippen molar-refractivity contribution in [1.82, 2.24) is 9.78 Å². The van der Waals surface area contributed by atoms with Gasteiger partial charge < -0.3 is 9.47 Å². The van der Waals surface area contributed by atoms with Gasteiger partial charge in [0, 0.05) is 13.3 Å². The second-order valence-electron chi connectivity index (χ2n) is 3.51. The third kappa shape index (κ3) is 3.47. The molecule has 1 heterocycles. The average molecular weight is 198 g/mol. The van der Waals surface area contributed by atoms with E-state index in [2.05, 4.69) is 25.1 Å². The lowest BCUT2D eigenvalue weighted by Crippen LogP contribution is -2.07. The number of rotatable bonds is 6. The molecule has 0 aromatic carbocycles. The first-order chi connectivity index (χ1) is 6.74. The van der Waals surface area contributed by atoms with Crippen LogP contribution < -0.4 is 0 Å². The molecule has 1 aromatic heterocycles. The maximum atomic E-state index is 5.17. The molecule has 0 aliphatic carbocycles. The van der Waals surface area contributed by atoms with Crippen molar-refractivity contribution in [1.29, 1.82) is 0 Å². The van der Waals surface area contributed by atoms with Crippen LogP contribution in [0.3, 0.4) is 0 Å². The van der Waals surface area contributed by atoms with E-state index in [0.717, 1.165) is 6.54 Å². The zero-order valence-electron chi connectivity index (χ0n) is 9.06. The molecule has 4 nitrogen and oxygen atoms in total. The number of hydrogen-bond donors (Lipinski definition) is 0. The van der Waals surface area contributed by atoms with E-state index in [-0.39, 0.29) is 0 Å². The molecule has 4 heteroatoms. The Morgan fingerprint density at radius 3 is 2.86 bits per heavy atom. The first-order valence-corrected chi connectivity index (χ1v) is 4.83. The molecule has 0 spiro atoms. The molecule has 14 heavy (non-hydrogen) atoms. The zero-order valence-corrected chi connectivity index (χ0v) is 9.06. The molecule has 0 bridgehead atoms. The molecule has 0 saturated carbocycles. The van der Waals surface area contributed by atoms with Gasteiger partial charge in [-0.05, 0) is 11.5 Å². The molecule has 80 valence electrons. The summed E-state index contributed by atoms with van der Waals surface area (Å²) < 4.78 is 11.8. The summed E-state index contributed by atoms with van der Waals surface area (Å²) in [6.07, 6.45) is 3.96. The van der Waals surface area contributed by atoms with Crippen LogP contribution in [0.15, 0.2) is 12.4 Å². The van der Waals surface area contributed by atoms with Crippen LogP contribution in [-0.4, -0.2) is 30.3 Å². The summed E-state index contributed by atoms with van der Waals surface area (Å²) in [7, 11) is 1.62. The molecule has 1 aromatic rings. The molecule has 0 unspecified atom stereocenters. The van der Waals surface area contributed by atoms with Gasteiger partial charge in [0.1, 0.15) is 6.79 Å². The number of nitrogens with zero attached hydrogens (tertiary/aromatic N) is 2. The van der Waals surface area contributed by atoms with Gasteiger partial charge in [-0.25, -0.2) is 0 Å². The summed E-state index contributed by atoms with van der Waals surface area (Å²) in [5.74, 6) is 0.531. The highest BCUT2D eigenvalue weighted by molar-refractivity contribution is 5.08. The van der Waals surface area contributed by atoms with Gasteiger partial charge in [0.25, 0.3) is 0 Å². The number of hydrogen-bond acceptors (Lipinski definition) is 3. The Morgan fingerprint density at radius 2 is 2.29 bits per heavy atom. The van der Waals surface area contributed by atoms with Crippen LogP contribution in [0.5, 0.6) is 0 Å². The lowest BCUT2D eigenvalue weighted by Gasteiger charge is -2.02. The van der Waals surface area contributed by atoms with E-state index in [9.17, 15) is 0 Å². The SMILES string of the molecule is COCOCCn1cc(C(C)C)cn1. The predicted molar refractivity (Wildman–Crippen MR) is 54.1 cm³/mol. The lowest BCUT2D eigenvalue weighted by atomic mass is 10.1. The van der Waals surface area contributed by atoms with Crippen molar-refractivity contribution in [3.63, 3.8) is 0 Å². The van der Waals surface area contributed by atoms with E-state index in [4.69, 9.17) is 9.47 Å². The highest BCUT2D eigenvalue weighted by atomic mass is 16.7. The quantitative estimate of drug-likeness (QED) is 0.515. The first-order valence-electron chi connectivity index (χ1n) is 4.83. The topological polar surface area (TPSA) is 36.3 Å². The van der Waals surface area contributed by atoms with Gasteiger partial charge >= 0.3 is 0 Å². The van der Waals surface area contributed by atoms with Crippen molar-refractivity contribution in [2.45, 2.75) is 26.3 Å². The second kappa shape index (κ2) is 5.78. The molecule has 0 fully saturated rings. The van der Waals surface area contributed by atoms with Gasteiger partial charge in [-0.3, -0.25) is 4.68 Å². The van der Waals surface area contributed by atoms with E-state index in [1.807, 2.05) is 10.9 Å². The minimum Gasteiger partial charge on any atom is -0.359 e. The first kappa shape index (κ1) is 11.2. The Morgan fingerprint density at radius 1 is 1.50 bits per heavy atom. The van der Waals surface area contributed by atoms with Gasteiger partial charge in [-0.2, -0.15) is 5.10 Å². The zero-order chi connectivity index (χ0) is 10.4. The molecular formula is C10H18N2O2. The minimum atomic E-state index is 0.346. The fourth-order valence-electron chi connectivity index (χ4n) is 1.10. The third-order valence-electron chi connectivity index (χ3n) is 1.99. The molecule has 0 atom stereocenters. The maximum absolute atomic E-state index is 5.17. The fourth-order valence-corrected chi connectivity index (χ4v) is 1.10. The molecular weight excluding hydrogens is 180 g/mol. The number of aromatic nitrogens is 2. The van der Waals surface area contributed by atoms with Crippen molar-refractivity contribution in [3.8, 4) is 0 Å². The van der Waals surface area contributed by atoms with Crippen molar-refractivity contribution in [2.24, 2.45) is 0 Å². The number of ether oxygens (including phenoxy) is 2. The summed E-state index contributed by atoms with van der Waals surface area (Å²) in [5.41, 5.74) is 1.26. The second-order valence-corrected chi connectivity index (χ2v) is 3.51. The van der Waals surface area contributed by atoms with E-state index in [1.165, 1.54) is 5.56 Å². The Balaban J connectivity index is 2.29. The van der Waals surface area contributed by atoms with Crippen molar-refractivity contribution in [3.05, 3.63) is 18.0 Å². The summed E-state index contributed by atoms with van der Waals surface area (Å²) in [6.45, 7) is 6.06. The van der Waals surface area contributed by atoms with Crippen LogP contribution >= 0.6 is 0 Å². The summed E-state index contributed by atoms with van der Waals surface area (Å²) >= 11 is 0. The van der Waals surface area contributed by atoms with Gasteiger partial charge in [-0.15, -0.1) is 0 Å². The normalized spacial score (nSPS) is 11.1. The van der Waals surface area contributed by atoms with E-state index >= 15 is 0 Å². The van der Waals surface area contributed by atoms with Gasteiger partial charge in [0.05, 0.1) is 19.3 Å². The molecule has 0 N–H and O–H groups in total. The van der Waals surface area contributed by atoms with Crippen LogP contribution in [0.25, 0.3) is 0 Å². The molecule has 0 saturated heterocycles. The molecule has 0 amide bonds. The fraction of sp³-hybridized carbons (Fsp3) is 0.700. The minimum absolute atomic E-state index is 0.346. The smallest absolute Gasteiger partial charge is 0.146 e. The van der Waals surface area contributed by atoms with Crippen molar-refractivity contribution < 1.29 is 9.47 Å². The van der Waals surface area contributed by atoms with E-state index in [1.54, 1.807) is 7.11 Å². The Bertz CT molecular complexity index is 258. The van der Waals surface area contributed by atoms with Gasteiger partial charge in [0.15, 0.2) is 0 Å². The summed E-state index contributed by atoms with van der Waals surface area (Å²) in [6, 6.07) is 0. The van der Waals surface area contributed by atoms with Gasteiger partial charge in [0.2, 0.25) is 0 Å². The van der Waals surface area contributed by atoms with Crippen LogP contribution in [0, 0.1) is 0 Å². The van der Waals surface area contributed by atoms with Crippen LogP contribution in [0.4, 0.5) is 0 Å². The highest BCUT2D eigenvalue weighted by Gasteiger charge is 2.01. The predicted octanol–water partition coefficient (Wildman–Crippen LogP) is 1.63. The van der Waals surface area contributed by atoms with E-state index in [0.29, 0.717) is 19.3 Å². The Labute approximate surface area is 84.8 Å². The van der Waals surface area contributed by atoms with Crippen molar-refractivity contribution >= 4 is 0 Å². The van der Waals surface area contributed by atoms with Crippen LogP contribution in [0.2, 0.25) is 0 Å². The highest BCUT2D eigenvalue weighted by Crippen LogP contribution is 2.11. The maximum Gasteiger partial charge on any atom is 0.146 e. The summed E-state index contributed by atoms with van der Waals surface area (Å²) in [4.78, 5) is 0. The molecule has 0 aliphatic heterocycles. The third-order valence-corrected chi connectivity index (χ3v) is 1.99. The van der Waals surface area contributed by atoms with E-state index < -0.39 is 0 Å². The number of methoxy groups -OCH3 is 1. The molecule has 1 rings (SSSR count). The largest absolute Gasteiger partial charge is 0.359 e. The standard InChI is InChI=1S/C10H18N2O2/c1-9(2)10-6-11-12(7-10)4-5-14-8-13-3/h6-7,9H,4-5,8H2,1-3H3. The molecule has 0 aliphatic rings. The van der Waals surface area contributed by atoms with Crippen molar-refractivity contribution in [2.75, 3.05) is 20.5 Å². The Hall–Kier alpha value is -0.870. The monoisotopic (exact) mass is 198 g/mol.